The lowest BCUT2D eigenvalue weighted by Crippen LogP contribution is -2.47. The summed E-state index contributed by atoms with van der Waals surface area (Å²) in [5, 5.41) is 13.0. The molecule has 2 saturated heterocycles. The molecule has 0 aliphatic carbocycles. The second-order valence-electron chi connectivity index (χ2n) is 10.6. The van der Waals surface area contributed by atoms with E-state index in [0.717, 1.165) is 5.56 Å². The Bertz CT molecular complexity index is 1020. The van der Waals surface area contributed by atoms with Crippen molar-refractivity contribution in [1.82, 2.24) is 9.62 Å². The number of amides is 1. The average molecular weight is 541 g/mol. The number of Topliss-reactive ketones (excluding diaryl/α,β-unsaturated/α-hetero) is 1. The fourth-order valence-electron chi connectivity index (χ4n) is 4.70. The van der Waals surface area contributed by atoms with Crippen molar-refractivity contribution >= 4 is 21.7 Å². The van der Waals surface area contributed by atoms with Crippen molar-refractivity contribution in [2.45, 2.75) is 64.4 Å². The maximum Gasteiger partial charge on any atom is 0.248 e. The van der Waals surface area contributed by atoms with Crippen LogP contribution in [0, 0.1) is 11.3 Å². The molecular weight excluding hydrogens is 500 g/mol. The molecule has 0 aromatic heterocycles. The quantitative estimate of drug-likeness (QED) is 0.436. The number of hydrogen-bond donors (Lipinski definition) is 2. The number of rotatable bonds is 11. The van der Waals surface area contributed by atoms with Crippen LogP contribution in [0.2, 0.25) is 0 Å². The summed E-state index contributed by atoms with van der Waals surface area (Å²) in [4.78, 5) is 25.4. The third kappa shape index (κ3) is 8.22. The normalized spacial score (nSPS) is 23.8. The van der Waals surface area contributed by atoms with Gasteiger partial charge in [-0.15, -0.1) is 0 Å². The Hall–Kier alpha value is -2.05. The molecule has 1 amide bonds. The standard InChI is InChI=1S/C26H40N2O8S/c1-26(2)17-35-25(19-8-10-20(34-3)11-9-19)36-23(26)21(29)6-5-7-22(30)24(31)27-16-18-12-14-28(15-13-18)37(4,32)33/h8-11,18,22-23,25,30H,5-7,12-17H2,1-4H3,(H,27,31)/t22?,23-,25?/m0/s1. The summed E-state index contributed by atoms with van der Waals surface area (Å²) in [6.45, 7) is 5.46. The molecule has 3 rings (SSSR count). The Morgan fingerprint density at radius 3 is 2.46 bits per heavy atom. The molecule has 2 aliphatic rings. The molecule has 0 saturated carbocycles. The first-order chi connectivity index (χ1) is 17.4. The van der Waals surface area contributed by atoms with Crippen LogP contribution in [0.4, 0.5) is 0 Å². The van der Waals surface area contributed by atoms with E-state index in [4.69, 9.17) is 14.2 Å². The van der Waals surface area contributed by atoms with E-state index in [1.165, 1.54) is 10.6 Å². The van der Waals surface area contributed by atoms with Crippen molar-refractivity contribution in [3.8, 4) is 5.75 Å². The highest BCUT2D eigenvalue weighted by molar-refractivity contribution is 7.88. The zero-order chi connectivity index (χ0) is 27.2. The molecule has 2 unspecified atom stereocenters. The molecule has 10 nitrogen and oxygen atoms in total. The van der Waals surface area contributed by atoms with E-state index >= 15 is 0 Å². The Kier molecular flexibility index (Phi) is 10.1. The number of methoxy groups -OCH3 is 1. The number of carbonyl (C=O) groups excluding carboxylic acids is 2. The van der Waals surface area contributed by atoms with Gasteiger partial charge in [-0.05, 0) is 43.7 Å². The molecule has 0 radical (unpaired) electrons. The minimum atomic E-state index is -3.19. The van der Waals surface area contributed by atoms with Crippen LogP contribution in [0.1, 0.15) is 57.8 Å². The third-order valence-corrected chi connectivity index (χ3v) is 8.37. The van der Waals surface area contributed by atoms with E-state index in [1.807, 2.05) is 38.1 Å². The molecule has 0 spiro atoms. The van der Waals surface area contributed by atoms with Gasteiger partial charge in [0.05, 0.1) is 20.0 Å². The molecule has 37 heavy (non-hydrogen) atoms. The summed E-state index contributed by atoms with van der Waals surface area (Å²) in [6.07, 6.45) is 0.680. The molecule has 3 atom stereocenters. The number of aliphatic hydroxyl groups is 1. The number of sulfonamides is 1. The van der Waals surface area contributed by atoms with E-state index in [0.29, 0.717) is 51.3 Å². The predicted molar refractivity (Wildman–Crippen MR) is 137 cm³/mol. The highest BCUT2D eigenvalue weighted by atomic mass is 32.2. The topological polar surface area (TPSA) is 131 Å². The second kappa shape index (κ2) is 12.7. The number of aliphatic hydroxyl groups excluding tert-OH is 1. The lowest BCUT2D eigenvalue weighted by Gasteiger charge is -2.41. The van der Waals surface area contributed by atoms with Crippen molar-refractivity contribution in [2.24, 2.45) is 11.3 Å². The minimum absolute atomic E-state index is 0.0861. The van der Waals surface area contributed by atoms with Crippen LogP contribution in [0.15, 0.2) is 24.3 Å². The molecule has 2 aliphatic heterocycles. The van der Waals surface area contributed by atoms with Crippen molar-refractivity contribution < 1.29 is 37.3 Å². The van der Waals surface area contributed by atoms with Crippen LogP contribution < -0.4 is 10.1 Å². The van der Waals surface area contributed by atoms with Crippen molar-refractivity contribution in [3.63, 3.8) is 0 Å². The summed E-state index contributed by atoms with van der Waals surface area (Å²) in [5.74, 6) is 0.326. The fourth-order valence-corrected chi connectivity index (χ4v) is 5.57. The summed E-state index contributed by atoms with van der Waals surface area (Å²) in [6, 6.07) is 7.30. The Morgan fingerprint density at radius 1 is 1.22 bits per heavy atom. The highest BCUT2D eigenvalue weighted by Gasteiger charge is 2.42. The van der Waals surface area contributed by atoms with Crippen LogP contribution >= 0.6 is 0 Å². The molecule has 11 heteroatoms. The first-order valence-electron chi connectivity index (χ1n) is 12.8. The lowest BCUT2D eigenvalue weighted by atomic mass is 9.82. The summed E-state index contributed by atoms with van der Waals surface area (Å²) in [5.41, 5.74) is 0.283. The maximum atomic E-state index is 13.0. The number of piperidine rings is 1. The summed E-state index contributed by atoms with van der Waals surface area (Å²) in [7, 11) is -1.60. The number of nitrogens with zero attached hydrogens (tertiary/aromatic N) is 1. The lowest BCUT2D eigenvalue weighted by molar-refractivity contribution is -0.257. The van der Waals surface area contributed by atoms with Crippen molar-refractivity contribution in [3.05, 3.63) is 29.8 Å². The zero-order valence-electron chi connectivity index (χ0n) is 22.1. The summed E-state index contributed by atoms with van der Waals surface area (Å²) < 4.78 is 41.8. The van der Waals surface area contributed by atoms with Gasteiger partial charge in [0.2, 0.25) is 15.9 Å². The third-order valence-electron chi connectivity index (χ3n) is 7.07. The molecular formula is C26H40N2O8S. The Balaban J connectivity index is 1.42. The van der Waals surface area contributed by atoms with Gasteiger partial charge in [-0.25, -0.2) is 12.7 Å². The van der Waals surface area contributed by atoms with Crippen LogP contribution in [-0.2, 0) is 29.1 Å². The van der Waals surface area contributed by atoms with E-state index in [9.17, 15) is 23.1 Å². The molecule has 208 valence electrons. The van der Waals surface area contributed by atoms with E-state index in [-0.39, 0.29) is 24.5 Å². The molecule has 1 aromatic carbocycles. The number of ether oxygens (including phenoxy) is 3. The Labute approximate surface area is 219 Å². The largest absolute Gasteiger partial charge is 0.497 e. The predicted octanol–water partition coefficient (Wildman–Crippen LogP) is 2.02. The van der Waals surface area contributed by atoms with Crippen LogP contribution in [-0.4, -0.2) is 81.3 Å². The molecule has 1 aromatic rings. The van der Waals surface area contributed by atoms with Crippen molar-refractivity contribution in [1.29, 1.82) is 0 Å². The van der Waals surface area contributed by atoms with E-state index in [1.54, 1.807) is 7.11 Å². The summed E-state index contributed by atoms with van der Waals surface area (Å²) >= 11 is 0. The van der Waals surface area contributed by atoms with Gasteiger partial charge in [0.1, 0.15) is 18.0 Å². The highest BCUT2D eigenvalue weighted by Crippen LogP contribution is 2.38. The number of nitrogens with one attached hydrogen (secondary N) is 1. The number of benzene rings is 1. The molecule has 2 fully saturated rings. The van der Waals surface area contributed by atoms with Gasteiger partial charge in [0.15, 0.2) is 12.1 Å². The molecule has 0 bridgehead atoms. The van der Waals surface area contributed by atoms with Crippen LogP contribution in [0.3, 0.4) is 0 Å². The number of ketones is 1. The monoisotopic (exact) mass is 540 g/mol. The van der Waals surface area contributed by atoms with Gasteiger partial charge in [-0.3, -0.25) is 9.59 Å². The SMILES string of the molecule is COc1ccc(C2OCC(C)(C)[C@H](C(=O)CCCC(O)C(=O)NCC3CCN(S(C)(=O)=O)CC3)O2)cc1. The van der Waals surface area contributed by atoms with Gasteiger partial charge >= 0.3 is 0 Å². The van der Waals surface area contributed by atoms with Crippen LogP contribution in [0.5, 0.6) is 5.75 Å². The number of hydrogen-bond acceptors (Lipinski definition) is 8. The van der Waals surface area contributed by atoms with Crippen LogP contribution in [0.25, 0.3) is 0 Å². The number of carbonyl (C=O) groups is 2. The van der Waals surface area contributed by atoms with E-state index in [2.05, 4.69) is 5.32 Å². The fraction of sp³-hybridized carbons (Fsp3) is 0.692. The maximum absolute atomic E-state index is 13.0. The second-order valence-corrected chi connectivity index (χ2v) is 12.6. The van der Waals surface area contributed by atoms with E-state index < -0.39 is 39.8 Å². The average Bonchev–Trinajstić information content (AvgIpc) is 2.86. The minimum Gasteiger partial charge on any atom is -0.497 e. The van der Waals surface area contributed by atoms with Gasteiger partial charge in [0, 0.05) is 37.0 Å². The Morgan fingerprint density at radius 2 is 1.86 bits per heavy atom. The van der Waals surface area contributed by atoms with Crippen molar-refractivity contribution in [2.75, 3.05) is 39.6 Å². The first-order valence-corrected chi connectivity index (χ1v) is 14.6. The smallest absolute Gasteiger partial charge is 0.248 e. The van der Waals surface area contributed by atoms with Gasteiger partial charge < -0.3 is 24.6 Å². The first kappa shape index (κ1) is 29.5. The van der Waals surface area contributed by atoms with Gasteiger partial charge in [-0.2, -0.15) is 0 Å². The molecule has 2 N–H and O–H groups in total. The molecule has 2 heterocycles. The van der Waals surface area contributed by atoms with Gasteiger partial charge in [-0.1, -0.05) is 26.0 Å². The van der Waals surface area contributed by atoms with Gasteiger partial charge in [0.25, 0.3) is 0 Å². The zero-order valence-corrected chi connectivity index (χ0v) is 23.0.